The predicted octanol–water partition coefficient (Wildman–Crippen LogP) is 0.172. The first-order chi connectivity index (χ1) is 9.10. The lowest BCUT2D eigenvalue weighted by atomic mass is 9.98. The Morgan fingerprint density at radius 1 is 1.26 bits per heavy atom. The molecular formula is C13H30N6. The van der Waals surface area contributed by atoms with Gasteiger partial charge in [-0.05, 0) is 25.8 Å². The van der Waals surface area contributed by atoms with Gasteiger partial charge in [0.05, 0.1) is 12.8 Å². The van der Waals surface area contributed by atoms with E-state index < -0.39 is 0 Å². The quantitative estimate of drug-likeness (QED) is 0.662. The number of hydrogen-bond acceptors (Lipinski definition) is 6. The third-order valence-electron chi connectivity index (χ3n) is 4.49. The molecule has 2 aliphatic heterocycles. The van der Waals surface area contributed by atoms with Gasteiger partial charge in [-0.2, -0.15) is 16.1 Å². The van der Waals surface area contributed by atoms with Crippen LogP contribution >= 0.6 is 0 Å². The Hall–Kier alpha value is -0.240. The molecule has 2 aliphatic rings. The molecule has 3 atom stereocenters. The van der Waals surface area contributed by atoms with Gasteiger partial charge < -0.3 is 0 Å². The Labute approximate surface area is 117 Å². The molecule has 3 unspecified atom stereocenters. The van der Waals surface area contributed by atoms with Gasteiger partial charge in [0.25, 0.3) is 0 Å². The van der Waals surface area contributed by atoms with Gasteiger partial charge in [-0.1, -0.05) is 20.3 Å². The molecule has 0 radical (unpaired) electrons. The Kier molecular flexibility index (Phi) is 5.56. The summed E-state index contributed by atoms with van der Waals surface area (Å²) in [5, 5.41) is 7.91. The summed E-state index contributed by atoms with van der Waals surface area (Å²) in [6.45, 7) is 7.68. The summed E-state index contributed by atoms with van der Waals surface area (Å²) in [6, 6.07) is 0.679. The second-order valence-corrected chi connectivity index (χ2v) is 6.14. The van der Waals surface area contributed by atoms with E-state index in [4.69, 9.17) is 0 Å². The fraction of sp³-hybridized carbons (Fsp3) is 1.00. The van der Waals surface area contributed by atoms with Crippen LogP contribution in [0.5, 0.6) is 0 Å². The van der Waals surface area contributed by atoms with Crippen LogP contribution in [0, 0.1) is 5.92 Å². The number of rotatable bonds is 5. The number of hydrogen-bond donors (Lipinski definition) is 3. The molecule has 0 amide bonds. The summed E-state index contributed by atoms with van der Waals surface area (Å²) < 4.78 is 0. The molecule has 19 heavy (non-hydrogen) atoms. The van der Waals surface area contributed by atoms with Crippen molar-refractivity contribution >= 4 is 0 Å². The first-order valence-corrected chi connectivity index (χ1v) is 7.52. The average molecular weight is 270 g/mol. The van der Waals surface area contributed by atoms with Gasteiger partial charge in [0.15, 0.2) is 0 Å². The fourth-order valence-corrected chi connectivity index (χ4v) is 2.75. The zero-order chi connectivity index (χ0) is 13.8. The minimum atomic E-state index is 0.377. The lowest BCUT2D eigenvalue weighted by Gasteiger charge is -2.41. The molecule has 0 aromatic heterocycles. The van der Waals surface area contributed by atoms with Crippen LogP contribution in [0.3, 0.4) is 0 Å². The minimum Gasteiger partial charge on any atom is -0.299 e. The Balaban J connectivity index is 1.75. The maximum absolute atomic E-state index is 3.66. The Bertz CT molecular complexity index is 274. The van der Waals surface area contributed by atoms with E-state index >= 15 is 0 Å². The topological polar surface area (TPSA) is 45.8 Å². The lowest BCUT2D eigenvalue weighted by Crippen LogP contribution is -2.63. The number of nitrogens with one attached hydrogen (secondary N) is 3. The van der Waals surface area contributed by atoms with E-state index in [0.29, 0.717) is 12.2 Å². The molecule has 0 bridgehead atoms. The zero-order valence-corrected chi connectivity index (χ0v) is 12.8. The van der Waals surface area contributed by atoms with Gasteiger partial charge in [-0.3, -0.25) is 10.2 Å². The molecule has 0 saturated carbocycles. The fourth-order valence-electron chi connectivity index (χ4n) is 2.75. The van der Waals surface area contributed by atoms with Crippen molar-refractivity contribution in [2.75, 3.05) is 33.9 Å². The van der Waals surface area contributed by atoms with Gasteiger partial charge in [0, 0.05) is 26.2 Å². The number of piperazine rings is 1. The number of hydrazine groups is 3. The van der Waals surface area contributed by atoms with Crippen LogP contribution in [-0.2, 0) is 0 Å². The molecule has 0 aromatic rings. The predicted molar refractivity (Wildman–Crippen MR) is 77.6 cm³/mol. The zero-order valence-electron chi connectivity index (χ0n) is 12.8. The first kappa shape index (κ1) is 15.2. The molecular weight excluding hydrogens is 240 g/mol. The summed E-state index contributed by atoms with van der Waals surface area (Å²) in [5.74, 6) is 0.851. The van der Waals surface area contributed by atoms with Crippen molar-refractivity contribution in [1.82, 2.24) is 31.3 Å². The largest absolute Gasteiger partial charge is 0.299 e. The van der Waals surface area contributed by atoms with Gasteiger partial charge in [0.2, 0.25) is 0 Å². The molecule has 0 spiro atoms. The highest BCUT2D eigenvalue weighted by atomic mass is 15.9. The van der Waals surface area contributed by atoms with E-state index in [9.17, 15) is 0 Å². The van der Waals surface area contributed by atoms with Crippen LogP contribution in [0.2, 0.25) is 0 Å². The van der Waals surface area contributed by atoms with Crippen LogP contribution in [0.15, 0.2) is 0 Å². The maximum Gasteiger partial charge on any atom is 0.0891 e. The van der Waals surface area contributed by atoms with Crippen molar-refractivity contribution in [1.29, 1.82) is 0 Å². The first-order valence-electron chi connectivity index (χ1n) is 7.52. The van der Waals surface area contributed by atoms with E-state index in [0.717, 1.165) is 25.7 Å². The monoisotopic (exact) mass is 270 g/mol. The lowest BCUT2D eigenvalue weighted by molar-refractivity contribution is 0.0414. The van der Waals surface area contributed by atoms with Crippen molar-refractivity contribution < 1.29 is 0 Å². The summed E-state index contributed by atoms with van der Waals surface area (Å²) in [6.07, 6.45) is 4.31. The summed E-state index contributed by atoms with van der Waals surface area (Å²) in [4.78, 5) is 2.50. The summed E-state index contributed by atoms with van der Waals surface area (Å²) in [7, 11) is 4.29. The van der Waals surface area contributed by atoms with Crippen molar-refractivity contribution in [2.24, 2.45) is 5.92 Å². The van der Waals surface area contributed by atoms with Crippen molar-refractivity contribution in [3.05, 3.63) is 0 Å². The second kappa shape index (κ2) is 6.97. The van der Waals surface area contributed by atoms with Crippen LogP contribution < -0.4 is 16.4 Å². The molecule has 6 heteroatoms. The Morgan fingerprint density at radius 2 is 2.05 bits per heavy atom. The third-order valence-corrected chi connectivity index (χ3v) is 4.49. The minimum absolute atomic E-state index is 0.377. The molecule has 2 fully saturated rings. The van der Waals surface area contributed by atoms with Crippen LogP contribution in [0.4, 0.5) is 0 Å². The third kappa shape index (κ3) is 4.11. The smallest absolute Gasteiger partial charge is 0.0891 e. The van der Waals surface area contributed by atoms with Gasteiger partial charge >= 0.3 is 0 Å². The highest BCUT2D eigenvalue weighted by Gasteiger charge is 2.31. The molecule has 6 nitrogen and oxygen atoms in total. The van der Waals surface area contributed by atoms with E-state index in [1.165, 1.54) is 19.3 Å². The average Bonchev–Trinajstić information content (AvgIpc) is 2.83. The van der Waals surface area contributed by atoms with Crippen LogP contribution in [0.25, 0.3) is 0 Å². The maximum atomic E-state index is 3.66. The molecule has 0 aliphatic carbocycles. The SMILES string of the molecule is CCC(C)CCC1CNC(N2CN(C)NN2)CN1C. The van der Waals surface area contributed by atoms with E-state index in [1.807, 2.05) is 12.1 Å². The molecule has 112 valence electrons. The highest BCUT2D eigenvalue weighted by Crippen LogP contribution is 2.17. The number of likely N-dealkylation sites (N-methyl/N-ethyl adjacent to an activating group) is 1. The molecule has 2 saturated heterocycles. The van der Waals surface area contributed by atoms with Crippen molar-refractivity contribution in [2.45, 2.75) is 45.3 Å². The highest BCUT2D eigenvalue weighted by molar-refractivity contribution is 4.84. The second-order valence-electron chi connectivity index (χ2n) is 6.14. The molecule has 2 heterocycles. The van der Waals surface area contributed by atoms with Crippen LogP contribution in [0.1, 0.15) is 33.1 Å². The van der Waals surface area contributed by atoms with Gasteiger partial charge in [-0.15, -0.1) is 0 Å². The molecule has 0 aromatic carbocycles. The van der Waals surface area contributed by atoms with E-state index in [-0.39, 0.29) is 0 Å². The molecule has 3 N–H and O–H groups in total. The standard InChI is InChI=1S/C13H30N6/c1-5-11(2)6-7-12-8-14-13(9-17(12)3)19-10-18(4)15-16-19/h11-16H,5-10H2,1-4H3. The summed E-state index contributed by atoms with van der Waals surface area (Å²) >= 11 is 0. The van der Waals surface area contributed by atoms with Gasteiger partial charge in [-0.25, -0.2) is 5.01 Å². The summed E-state index contributed by atoms with van der Waals surface area (Å²) in [5.41, 5.74) is 6.28. The Morgan fingerprint density at radius 3 is 2.63 bits per heavy atom. The van der Waals surface area contributed by atoms with E-state index in [1.54, 1.807) is 0 Å². The van der Waals surface area contributed by atoms with Crippen molar-refractivity contribution in [3.8, 4) is 0 Å². The van der Waals surface area contributed by atoms with Crippen molar-refractivity contribution in [3.63, 3.8) is 0 Å². The molecule has 2 rings (SSSR count). The van der Waals surface area contributed by atoms with Crippen LogP contribution in [-0.4, -0.2) is 61.0 Å². The van der Waals surface area contributed by atoms with Gasteiger partial charge in [0.1, 0.15) is 0 Å². The van der Waals surface area contributed by atoms with E-state index in [2.05, 4.69) is 47.2 Å². The number of nitrogens with zero attached hydrogens (tertiary/aromatic N) is 3. The normalized spacial score (nSPS) is 32.8.